The third kappa shape index (κ3) is 1.88. The molecule has 0 unspecified atom stereocenters. The molecule has 0 saturated heterocycles. The molecular weight excluding hydrogens is 146 g/mol. The van der Waals surface area contributed by atoms with E-state index in [1.54, 1.807) is 0 Å². The largest absolute Gasteiger partial charge is 0.385 e. The number of anilines is 1. The molecule has 64 valence electrons. The van der Waals surface area contributed by atoms with Gasteiger partial charge in [0.2, 0.25) is 0 Å². The van der Waals surface area contributed by atoms with Crippen molar-refractivity contribution in [2.24, 2.45) is 0 Å². The quantitative estimate of drug-likeness (QED) is 0.718. The SMILES string of the molecule is C=C(C)c1ccccc1NCC. The van der Waals surface area contributed by atoms with Gasteiger partial charge < -0.3 is 5.32 Å². The highest BCUT2D eigenvalue weighted by molar-refractivity contribution is 5.73. The van der Waals surface area contributed by atoms with E-state index in [9.17, 15) is 0 Å². The molecule has 1 aromatic carbocycles. The highest BCUT2D eigenvalue weighted by atomic mass is 14.9. The van der Waals surface area contributed by atoms with Crippen LogP contribution in [0.5, 0.6) is 0 Å². The Morgan fingerprint density at radius 1 is 1.42 bits per heavy atom. The lowest BCUT2D eigenvalue weighted by atomic mass is 10.1. The summed E-state index contributed by atoms with van der Waals surface area (Å²) >= 11 is 0. The van der Waals surface area contributed by atoms with Gasteiger partial charge in [0, 0.05) is 12.2 Å². The zero-order chi connectivity index (χ0) is 8.97. The Morgan fingerprint density at radius 3 is 2.67 bits per heavy atom. The monoisotopic (exact) mass is 161 g/mol. The maximum Gasteiger partial charge on any atom is 0.0416 e. The molecule has 0 aliphatic heterocycles. The molecule has 0 bridgehead atoms. The van der Waals surface area contributed by atoms with Crippen LogP contribution in [-0.4, -0.2) is 6.54 Å². The fourth-order valence-corrected chi connectivity index (χ4v) is 1.20. The molecule has 0 heterocycles. The predicted molar refractivity (Wildman–Crippen MR) is 55.3 cm³/mol. The van der Waals surface area contributed by atoms with Crippen LogP contribution in [0.2, 0.25) is 0 Å². The van der Waals surface area contributed by atoms with Gasteiger partial charge in [-0.2, -0.15) is 0 Å². The zero-order valence-corrected chi connectivity index (χ0v) is 7.72. The molecule has 12 heavy (non-hydrogen) atoms. The van der Waals surface area contributed by atoms with Gasteiger partial charge in [-0.25, -0.2) is 0 Å². The molecule has 0 atom stereocenters. The van der Waals surface area contributed by atoms with E-state index in [1.165, 1.54) is 11.3 Å². The molecule has 1 rings (SSSR count). The number of allylic oxidation sites excluding steroid dienone is 1. The Morgan fingerprint density at radius 2 is 2.08 bits per heavy atom. The van der Waals surface area contributed by atoms with Crippen LogP contribution in [0.15, 0.2) is 30.8 Å². The molecule has 0 aliphatic carbocycles. The summed E-state index contributed by atoms with van der Waals surface area (Å²) in [5, 5.41) is 3.30. The van der Waals surface area contributed by atoms with Gasteiger partial charge in [-0.15, -0.1) is 0 Å². The molecule has 1 nitrogen and oxygen atoms in total. The standard InChI is InChI=1S/C11H15N/c1-4-12-11-8-6-5-7-10(11)9(2)3/h5-8,12H,2,4H2,1,3H3. The van der Waals surface area contributed by atoms with Crippen molar-refractivity contribution in [1.82, 2.24) is 0 Å². The van der Waals surface area contributed by atoms with Crippen molar-refractivity contribution in [3.8, 4) is 0 Å². The molecule has 1 N–H and O–H groups in total. The molecule has 0 spiro atoms. The van der Waals surface area contributed by atoms with Gasteiger partial charge >= 0.3 is 0 Å². The lowest BCUT2D eigenvalue weighted by Crippen LogP contribution is -1.98. The van der Waals surface area contributed by atoms with Crippen molar-refractivity contribution in [3.63, 3.8) is 0 Å². The molecule has 1 heteroatoms. The summed E-state index contributed by atoms with van der Waals surface area (Å²) in [6.07, 6.45) is 0. The first-order valence-electron chi connectivity index (χ1n) is 4.24. The summed E-state index contributed by atoms with van der Waals surface area (Å²) in [7, 11) is 0. The van der Waals surface area contributed by atoms with Crippen LogP contribution in [0.25, 0.3) is 5.57 Å². The van der Waals surface area contributed by atoms with Gasteiger partial charge in [0.05, 0.1) is 0 Å². The second kappa shape index (κ2) is 3.96. The van der Waals surface area contributed by atoms with Crippen molar-refractivity contribution in [3.05, 3.63) is 36.4 Å². The van der Waals surface area contributed by atoms with Crippen LogP contribution >= 0.6 is 0 Å². The molecule has 0 fully saturated rings. The fourth-order valence-electron chi connectivity index (χ4n) is 1.20. The summed E-state index contributed by atoms with van der Waals surface area (Å²) in [4.78, 5) is 0. The number of hydrogen-bond donors (Lipinski definition) is 1. The van der Waals surface area contributed by atoms with Crippen molar-refractivity contribution in [1.29, 1.82) is 0 Å². The summed E-state index contributed by atoms with van der Waals surface area (Å²) in [6, 6.07) is 8.23. The van der Waals surface area contributed by atoms with Crippen LogP contribution < -0.4 is 5.32 Å². The van der Waals surface area contributed by atoms with E-state index in [0.717, 1.165) is 12.1 Å². The molecule has 0 aliphatic rings. The van der Waals surface area contributed by atoms with Crippen LogP contribution in [-0.2, 0) is 0 Å². The number of nitrogens with one attached hydrogen (secondary N) is 1. The highest BCUT2D eigenvalue weighted by Gasteiger charge is 1.98. The first-order chi connectivity index (χ1) is 5.75. The summed E-state index contributed by atoms with van der Waals surface area (Å²) in [5.41, 5.74) is 3.48. The number of para-hydroxylation sites is 1. The first kappa shape index (κ1) is 8.85. The van der Waals surface area contributed by atoms with Crippen LogP contribution in [0.4, 0.5) is 5.69 Å². The van der Waals surface area contributed by atoms with Gasteiger partial charge in [0.15, 0.2) is 0 Å². The molecule has 0 amide bonds. The van der Waals surface area contributed by atoms with Gasteiger partial charge in [0.25, 0.3) is 0 Å². The smallest absolute Gasteiger partial charge is 0.0416 e. The second-order valence-corrected chi connectivity index (χ2v) is 2.86. The topological polar surface area (TPSA) is 12.0 Å². The third-order valence-electron chi connectivity index (χ3n) is 1.75. The summed E-state index contributed by atoms with van der Waals surface area (Å²) in [5.74, 6) is 0. The maximum absolute atomic E-state index is 3.93. The van der Waals surface area contributed by atoms with Crippen molar-refractivity contribution >= 4 is 11.3 Å². The second-order valence-electron chi connectivity index (χ2n) is 2.86. The summed E-state index contributed by atoms with van der Waals surface area (Å²) in [6.45, 7) is 8.99. The Kier molecular flexibility index (Phi) is 2.92. The minimum Gasteiger partial charge on any atom is -0.385 e. The number of hydrogen-bond acceptors (Lipinski definition) is 1. The summed E-state index contributed by atoms with van der Waals surface area (Å²) < 4.78 is 0. The Bertz CT molecular complexity index is 276. The minimum absolute atomic E-state index is 0.949. The van der Waals surface area contributed by atoms with E-state index in [-0.39, 0.29) is 0 Å². The zero-order valence-electron chi connectivity index (χ0n) is 7.72. The average Bonchev–Trinajstić information content (AvgIpc) is 2.05. The molecule has 1 aromatic rings. The van der Waals surface area contributed by atoms with Gasteiger partial charge in [-0.1, -0.05) is 24.8 Å². The first-order valence-corrected chi connectivity index (χ1v) is 4.24. The van der Waals surface area contributed by atoms with E-state index >= 15 is 0 Å². The van der Waals surface area contributed by atoms with E-state index in [1.807, 2.05) is 19.1 Å². The van der Waals surface area contributed by atoms with Gasteiger partial charge in [0.1, 0.15) is 0 Å². The Labute approximate surface area is 74.1 Å². The van der Waals surface area contributed by atoms with Crippen molar-refractivity contribution in [2.75, 3.05) is 11.9 Å². The third-order valence-corrected chi connectivity index (χ3v) is 1.75. The maximum atomic E-state index is 3.93. The van der Waals surface area contributed by atoms with Gasteiger partial charge in [-0.3, -0.25) is 0 Å². The number of rotatable bonds is 3. The number of benzene rings is 1. The Hall–Kier alpha value is -1.24. The normalized spacial score (nSPS) is 9.50. The van der Waals surface area contributed by atoms with E-state index < -0.39 is 0 Å². The van der Waals surface area contributed by atoms with E-state index in [4.69, 9.17) is 0 Å². The van der Waals surface area contributed by atoms with Gasteiger partial charge in [-0.05, 0) is 31.1 Å². The lowest BCUT2D eigenvalue weighted by molar-refractivity contribution is 1.21. The van der Waals surface area contributed by atoms with Crippen LogP contribution in [0.3, 0.4) is 0 Å². The molecule has 0 radical (unpaired) electrons. The van der Waals surface area contributed by atoms with E-state index in [0.29, 0.717) is 0 Å². The van der Waals surface area contributed by atoms with Crippen LogP contribution in [0.1, 0.15) is 19.4 Å². The highest BCUT2D eigenvalue weighted by Crippen LogP contribution is 2.21. The van der Waals surface area contributed by atoms with E-state index in [2.05, 4.69) is 31.0 Å². The fraction of sp³-hybridized carbons (Fsp3) is 0.273. The molecular formula is C11H15N. The molecule has 0 aromatic heterocycles. The van der Waals surface area contributed by atoms with Crippen LogP contribution in [0, 0.1) is 0 Å². The Balaban J connectivity index is 3.00. The lowest BCUT2D eigenvalue weighted by Gasteiger charge is -2.09. The molecule has 0 saturated carbocycles. The average molecular weight is 161 g/mol. The minimum atomic E-state index is 0.949. The predicted octanol–water partition coefficient (Wildman–Crippen LogP) is 3.15. The van der Waals surface area contributed by atoms with Crippen molar-refractivity contribution in [2.45, 2.75) is 13.8 Å². The van der Waals surface area contributed by atoms with Crippen molar-refractivity contribution < 1.29 is 0 Å².